The zero-order valence-electron chi connectivity index (χ0n) is 17.4. The first-order valence-electron chi connectivity index (χ1n) is 10.9. The van der Waals surface area contributed by atoms with Crippen LogP contribution in [0.4, 0.5) is 0 Å². The number of fused-ring (bicyclic) bond motifs is 5. The van der Waals surface area contributed by atoms with Crippen LogP contribution < -0.4 is 5.32 Å². The van der Waals surface area contributed by atoms with Crippen molar-refractivity contribution in [3.63, 3.8) is 0 Å². The maximum absolute atomic E-state index is 12.6. The number of hydrogen-bond acceptors (Lipinski definition) is 4. The van der Waals surface area contributed by atoms with Gasteiger partial charge in [-0.25, -0.2) is 0 Å². The van der Waals surface area contributed by atoms with Crippen LogP contribution in [0.25, 0.3) is 0 Å². The lowest BCUT2D eigenvalue weighted by Crippen LogP contribution is -2.54. The molecule has 4 saturated carbocycles. The van der Waals surface area contributed by atoms with Crippen molar-refractivity contribution in [3.05, 3.63) is 12.2 Å². The van der Waals surface area contributed by atoms with E-state index in [2.05, 4.69) is 30.9 Å². The van der Waals surface area contributed by atoms with Crippen LogP contribution in [0.1, 0.15) is 65.2 Å². The number of Topliss-reactive ketones (excluding diaryl/α,β-unsaturated/α-hetero) is 1. The van der Waals surface area contributed by atoms with Crippen molar-refractivity contribution in [3.8, 4) is 0 Å². The molecule has 6 atom stereocenters. The van der Waals surface area contributed by atoms with Gasteiger partial charge in [0.2, 0.25) is 0 Å². The Morgan fingerprint density at radius 1 is 1.19 bits per heavy atom. The van der Waals surface area contributed by atoms with E-state index in [0.717, 1.165) is 51.0 Å². The molecule has 4 aliphatic rings. The molecule has 1 unspecified atom stereocenters. The Labute approximate surface area is 164 Å². The third kappa shape index (κ3) is 2.99. The van der Waals surface area contributed by atoms with E-state index in [1.807, 2.05) is 7.05 Å². The first-order chi connectivity index (χ1) is 12.9. The highest BCUT2D eigenvalue weighted by Crippen LogP contribution is 2.66. The van der Waals surface area contributed by atoms with E-state index in [1.165, 1.54) is 24.1 Å². The Bertz CT molecular complexity index is 657. The molecule has 0 bridgehead atoms. The molecule has 0 saturated heterocycles. The molecule has 0 aromatic heterocycles. The minimum atomic E-state index is -0.0485. The Hall–Kier alpha value is -1.16. The number of rotatable bonds is 4. The average Bonchev–Trinajstić information content (AvgIpc) is 2.95. The monoisotopic (exact) mass is 372 g/mol. The van der Waals surface area contributed by atoms with Crippen molar-refractivity contribution in [1.82, 2.24) is 5.32 Å². The molecule has 0 aromatic carbocycles. The highest BCUT2D eigenvalue weighted by molar-refractivity contribution is 5.87. The molecule has 4 rings (SSSR count). The molecule has 4 nitrogen and oxygen atoms in total. The van der Waals surface area contributed by atoms with Gasteiger partial charge < -0.3 is 10.2 Å². The molecular formula is C23H36N2O2. The van der Waals surface area contributed by atoms with Crippen LogP contribution in [0.3, 0.4) is 0 Å². The second kappa shape index (κ2) is 7.02. The van der Waals surface area contributed by atoms with E-state index in [1.54, 1.807) is 0 Å². The summed E-state index contributed by atoms with van der Waals surface area (Å²) in [6, 6.07) is 0. The van der Waals surface area contributed by atoms with Crippen molar-refractivity contribution >= 4 is 11.5 Å². The summed E-state index contributed by atoms with van der Waals surface area (Å²) in [5.74, 6) is 3.04. The first-order valence-corrected chi connectivity index (χ1v) is 10.9. The number of ketones is 1. The molecule has 4 fully saturated rings. The number of nitrogens with one attached hydrogen (secondary N) is 1. The van der Waals surface area contributed by atoms with Gasteiger partial charge in [-0.2, -0.15) is 0 Å². The smallest absolute Gasteiger partial charge is 0.139 e. The lowest BCUT2D eigenvalue weighted by atomic mass is 9.44. The van der Waals surface area contributed by atoms with Gasteiger partial charge in [0.1, 0.15) is 12.4 Å². The van der Waals surface area contributed by atoms with E-state index >= 15 is 0 Å². The van der Waals surface area contributed by atoms with Gasteiger partial charge in [-0.15, -0.1) is 0 Å². The molecular weight excluding hydrogens is 336 g/mol. The zero-order valence-corrected chi connectivity index (χ0v) is 17.4. The predicted molar refractivity (Wildman–Crippen MR) is 109 cm³/mol. The maximum Gasteiger partial charge on any atom is 0.139 e. The van der Waals surface area contributed by atoms with Crippen molar-refractivity contribution in [2.75, 3.05) is 20.2 Å². The zero-order chi connectivity index (χ0) is 19.2. The van der Waals surface area contributed by atoms with Crippen LogP contribution in [0.2, 0.25) is 0 Å². The molecule has 0 amide bonds. The number of carbonyl (C=O) groups excluding carboxylic acids is 1. The summed E-state index contributed by atoms with van der Waals surface area (Å²) in [4.78, 5) is 18.1. The van der Waals surface area contributed by atoms with Gasteiger partial charge in [-0.05, 0) is 81.1 Å². The molecule has 27 heavy (non-hydrogen) atoms. The van der Waals surface area contributed by atoms with Gasteiger partial charge in [-0.3, -0.25) is 4.79 Å². The molecule has 0 aromatic rings. The number of likely N-dealkylation sites (N-methyl/N-ethyl adjacent to an activating group) is 1. The summed E-state index contributed by atoms with van der Waals surface area (Å²) in [5.41, 5.74) is 2.89. The normalized spacial score (nSPS) is 45.4. The summed E-state index contributed by atoms with van der Waals surface area (Å²) >= 11 is 0. The van der Waals surface area contributed by atoms with Gasteiger partial charge in [0.15, 0.2) is 0 Å². The van der Waals surface area contributed by atoms with E-state index in [4.69, 9.17) is 4.84 Å². The second-order valence-electron chi connectivity index (χ2n) is 10.0. The number of carbonyl (C=O) groups is 1. The van der Waals surface area contributed by atoms with Crippen molar-refractivity contribution in [2.24, 2.45) is 39.7 Å². The highest BCUT2D eigenvalue weighted by atomic mass is 16.6. The minimum Gasteiger partial charge on any atom is -0.394 e. The van der Waals surface area contributed by atoms with Crippen LogP contribution in [0.15, 0.2) is 17.3 Å². The maximum atomic E-state index is 12.6. The van der Waals surface area contributed by atoms with E-state index in [-0.39, 0.29) is 5.41 Å². The number of nitrogens with zero attached hydrogens (tertiary/aromatic N) is 1. The molecule has 4 aliphatic carbocycles. The first kappa shape index (κ1) is 19.2. The molecule has 150 valence electrons. The number of hydrogen-bond donors (Lipinski definition) is 1. The topological polar surface area (TPSA) is 50.7 Å². The Morgan fingerprint density at radius 3 is 2.78 bits per heavy atom. The Balaban J connectivity index is 1.52. The molecule has 0 heterocycles. The van der Waals surface area contributed by atoms with Gasteiger partial charge in [0.05, 0.1) is 5.71 Å². The van der Waals surface area contributed by atoms with Gasteiger partial charge in [0, 0.05) is 18.4 Å². The van der Waals surface area contributed by atoms with Crippen molar-refractivity contribution in [1.29, 1.82) is 0 Å². The minimum absolute atomic E-state index is 0.0485. The fourth-order valence-electron chi connectivity index (χ4n) is 7.19. The lowest BCUT2D eigenvalue weighted by Gasteiger charge is -2.60. The van der Waals surface area contributed by atoms with Gasteiger partial charge in [0.25, 0.3) is 0 Å². The largest absolute Gasteiger partial charge is 0.394 e. The molecule has 4 heteroatoms. The standard InChI is InChI=1S/C23H36N2O2/c1-15-13-17-18-5-6-21(26)23(18,3)10-8-19(17)22(2)9-7-16(14-20(15)22)25-27-12-11-24-4/h17-20,24H,1,5-14H2,2-4H3/b25-16-/t17-,18-,19-,20?,22+,23-/m0/s1. The quantitative estimate of drug-likeness (QED) is 0.453. The third-order valence-corrected chi connectivity index (χ3v) is 8.81. The Morgan fingerprint density at radius 2 is 2.00 bits per heavy atom. The average molecular weight is 373 g/mol. The summed E-state index contributed by atoms with van der Waals surface area (Å²) < 4.78 is 0. The van der Waals surface area contributed by atoms with Crippen LogP contribution in [-0.2, 0) is 9.63 Å². The lowest BCUT2D eigenvalue weighted by molar-refractivity contribution is -0.134. The van der Waals surface area contributed by atoms with Crippen LogP contribution in [-0.4, -0.2) is 31.7 Å². The van der Waals surface area contributed by atoms with Crippen LogP contribution in [0.5, 0.6) is 0 Å². The fraction of sp³-hybridized carbons (Fsp3) is 0.826. The summed E-state index contributed by atoms with van der Waals surface area (Å²) in [7, 11) is 1.93. The third-order valence-electron chi connectivity index (χ3n) is 8.81. The van der Waals surface area contributed by atoms with E-state index in [9.17, 15) is 4.79 Å². The number of allylic oxidation sites excluding steroid dienone is 1. The predicted octanol–water partition coefficient (Wildman–Crippen LogP) is 4.36. The highest BCUT2D eigenvalue weighted by Gasteiger charge is 2.60. The summed E-state index contributed by atoms with van der Waals surface area (Å²) in [5, 5.41) is 7.53. The van der Waals surface area contributed by atoms with Crippen LogP contribution in [0, 0.1) is 34.5 Å². The molecule has 0 radical (unpaired) electrons. The second-order valence-corrected chi connectivity index (χ2v) is 10.0. The van der Waals surface area contributed by atoms with E-state index < -0.39 is 0 Å². The van der Waals surface area contributed by atoms with E-state index in [0.29, 0.717) is 35.6 Å². The molecule has 1 N–H and O–H groups in total. The molecule has 0 spiro atoms. The summed E-state index contributed by atoms with van der Waals surface area (Å²) in [6.07, 6.45) is 8.59. The fourth-order valence-corrected chi connectivity index (χ4v) is 7.19. The number of oxime groups is 1. The van der Waals surface area contributed by atoms with Gasteiger partial charge >= 0.3 is 0 Å². The SMILES string of the molecule is C=C1C[C@@H]2[C@H](CC[C@]3(C)C(=O)CC[C@@H]23)[C@@]2(C)CC/C(=N/OCCNC)CC12. The van der Waals surface area contributed by atoms with Gasteiger partial charge in [-0.1, -0.05) is 31.2 Å². The van der Waals surface area contributed by atoms with Crippen molar-refractivity contribution in [2.45, 2.75) is 65.2 Å². The summed E-state index contributed by atoms with van der Waals surface area (Å²) in [6.45, 7) is 10.8. The van der Waals surface area contributed by atoms with Crippen molar-refractivity contribution < 1.29 is 9.63 Å². The Kier molecular flexibility index (Phi) is 4.99. The molecule has 0 aliphatic heterocycles. The van der Waals surface area contributed by atoms with Crippen LogP contribution >= 0.6 is 0 Å².